The summed E-state index contributed by atoms with van der Waals surface area (Å²) in [4.78, 5) is 11.1. The maximum absolute atomic E-state index is 14.5. The predicted octanol–water partition coefficient (Wildman–Crippen LogP) is 15.1. The average molecular weight is 985 g/mol. The van der Waals surface area contributed by atoms with Crippen LogP contribution in [0, 0.1) is 44.2 Å². The fourth-order valence-corrected chi connectivity index (χ4v) is 9.17. The molecule has 1 aliphatic carbocycles. The van der Waals surface area contributed by atoms with Gasteiger partial charge in [-0.2, -0.15) is 67.0 Å². The number of hydrogen-bond donors (Lipinski definition) is 1. The van der Waals surface area contributed by atoms with Gasteiger partial charge in [0.05, 0.1) is 5.76 Å². The quantitative estimate of drug-likeness (QED) is 0.0825. The van der Waals surface area contributed by atoms with E-state index in [1.165, 1.54) is 56.4 Å². The first-order chi connectivity index (χ1) is 25.8. The van der Waals surface area contributed by atoms with Gasteiger partial charge in [0.2, 0.25) is 0 Å². The van der Waals surface area contributed by atoms with E-state index in [-0.39, 0.29) is 37.0 Å². The maximum Gasteiger partial charge on any atom is 0.454 e. The summed E-state index contributed by atoms with van der Waals surface area (Å²) in [7, 11) is 0. The number of carbonyl (C=O) groups is 1. The largest absolute Gasteiger partial charge is 0.512 e. The number of rotatable bonds is 5. The van der Waals surface area contributed by atoms with Gasteiger partial charge in [-0.25, -0.2) is 0 Å². The van der Waals surface area contributed by atoms with Crippen molar-refractivity contribution in [3.8, 4) is 21.6 Å². The number of aryl methyl sites for hydroxylation is 3. The summed E-state index contributed by atoms with van der Waals surface area (Å²) in [6.45, 7) is 20.3. The van der Waals surface area contributed by atoms with Gasteiger partial charge in [-0.1, -0.05) is 94.3 Å². The summed E-state index contributed by atoms with van der Waals surface area (Å²) >= 11 is 1.47. The Labute approximate surface area is 350 Å². The second kappa shape index (κ2) is 17.0. The van der Waals surface area contributed by atoms with Crippen LogP contribution in [-0.2, 0) is 36.5 Å². The van der Waals surface area contributed by atoms with E-state index in [2.05, 4.69) is 84.9 Å². The molecular formula is C47H50F6IrO2S-2. The van der Waals surface area contributed by atoms with Crippen LogP contribution in [0.3, 0.4) is 0 Å². The molecule has 4 aromatic carbocycles. The molecule has 1 fully saturated rings. The van der Waals surface area contributed by atoms with Crippen molar-refractivity contribution in [2.45, 2.75) is 119 Å². The Kier molecular flexibility index (Phi) is 13.8. The van der Waals surface area contributed by atoms with Crippen LogP contribution >= 0.6 is 11.3 Å². The molecule has 10 heteroatoms. The van der Waals surface area contributed by atoms with Gasteiger partial charge in [0.15, 0.2) is 0 Å². The van der Waals surface area contributed by atoms with Crippen molar-refractivity contribution in [1.82, 2.24) is 0 Å². The maximum atomic E-state index is 14.5. The van der Waals surface area contributed by atoms with E-state index in [1.54, 1.807) is 0 Å². The number of benzene rings is 4. The van der Waals surface area contributed by atoms with E-state index in [4.69, 9.17) is 5.11 Å². The number of ketones is 1. The average Bonchev–Trinajstić information content (AvgIpc) is 3.42. The topological polar surface area (TPSA) is 37.3 Å². The van der Waals surface area contributed by atoms with Gasteiger partial charge in [0.25, 0.3) is 5.78 Å². The van der Waals surface area contributed by atoms with Gasteiger partial charge in [0.1, 0.15) is 0 Å². The number of carbonyl (C=O) groups excluding carboxylic acids is 1. The fourth-order valence-electron chi connectivity index (χ4n) is 7.65. The molecule has 309 valence electrons. The Morgan fingerprint density at radius 2 is 1.51 bits per heavy atom. The molecule has 1 radical (unpaired) electrons. The van der Waals surface area contributed by atoms with Crippen molar-refractivity contribution in [3.05, 3.63) is 106 Å². The van der Waals surface area contributed by atoms with Crippen molar-refractivity contribution in [1.29, 1.82) is 0 Å². The molecule has 0 amide bonds. The number of aliphatic hydroxyl groups is 1. The van der Waals surface area contributed by atoms with E-state index in [0.717, 1.165) is 49.5 Å². The zero-order valence-corrected chi connectivity index (χ0v) is 37.3. The minimum absolute atomic E-state index is 0. The Morgan fingerprint density at radius 1 is 0.930 bits per heavy atom. The Bertz CT molecular complexity index is 2270. The van der Waals surface area contributed by atoms with Gasteiger partial charge in [-0.05, 0) is 96.6 Å². The molecular weight excluding hydrogens is 935 g/mol. The molecule has 5 aromatic rings. The molecule has 57 heavy (non-hydrogen) atoms. The molecule has 0 atom stereocenters. The molecule has 1 N–H and O–H groups in total. The third-order valence-electron chi connectivity index (χ3n) is 10.9. The van der Waals surface area contributed by atoms with Crippen LogP contribution < -0.4 is 0 Å². The SMILES string of the molecule is CC(C)/C(O)=C/C(=O)C(F)(F)F.Cc1cc(C2CCC(C)(C)CC2)cc(C)c1-c1sc2c(-c3[c-]c4ccccc4c(C(C)(C)C)c3)[c-]cc(C(F)(F)F)c2c1C.[Ir]. The van der Waals surface area contributed by atoms with Gasteiger partial charge in [-0.3, -0.25) is 4.79 Å². The fraction of sp³-hybridized carbons (Fsp3) is 0.426. The second-order valence-corrected chi connectivity index (χ2v) is 18.3. The molecule has 0 saturated heterocycles. The Balaban J connectivity index is 0.000000482. The summed E-state index contributed by atoms with van der Waals surface area (Å²) in [5.74, 6) is -2.53. The smallest absolute Gasteiger partial charge is 0.454 e. The van der Waals surface area contributed by atoms with Gasteiger partial charge >= 0.3 is 12.4 Å². The molecule has 0 spiro atoms. The summed E-state index contributed by atoms with van der Waals surface area (Å²) in [5, 5.41) is 11.2. The number of aliphatic hydroxyl groups excluding tert-OH is 1. The Hall–Kier alpha value is -3.46. The van der Waals surface area contributed by atoms with Crippen molar-refractivity contribution < 1.29 is 56.3 Å². The van der Waals surface area contributed by atoms with Gasteiger partial charge in [-0.15, -0.1) is 23.1 Å². The zero-order chi connectivity index (χ0) is 41.7. The molecule has 1 aliphatic rings. The normalized spacial score (nSPS) is 15.4. The first-order valence-corrected chi connectivity index (χ1v) is 19.8. The number of alkyl halides is 6. The number of fused-ring (bicyclic) bond motifs is 2. The van der Waals surface area contributed by atoms with Crippen molar-refractivity contribution >= 4 is 38.0 Å². The van der Waals surface area contributed by atoms with E-state index < -0.39 is 35.4 Å². The summed E-state index contributed by atoms with van der Waals surface area (Å²) in [5.41, 5.74) is 7.59. The van der Waals surface area contributed by atoms with E-state index in [0.29, 0.717) is 27.2 Å². The third-order valence-corrected chi connectivity index (χ3v) is 12.2. The zero-order valence-electron chi connectivity index (χ0n) is 34.0. The van der Waals surface area contributed by atoms with E-state index in [9.17, 15) is 31.1 Å². The van der Waals surface area contributed by atoms with Crippen LogP contribution in [-0.4, -0.2) is 17.1 Å². The minimum atomic E-state index is -4.90. The van der Waals surface area contributed by atoms with Crippen molar-refractivity contribution in [2.24, 2.45) is 11.3 Å². The molecule has 1 aromatic heterocycles. The number of thiophene rings is 1. The third kappa shape index (κ3) is 10.2. The van der Waals surface area contributed by atoms with E-state index in [1.807, 2.05) is 25.1 Å². The van der Waals surface area contributed by atoms with Crippen LogP contribution in [0.15, 0.2) is 60.4 Å². The molecule has 0 bridgehead atoms. The molecule has 0 aliphatic heterocycles. The van der Waals surface area contributed by atoms with Crippen LogP contribution in [0.2, 0.25) is 0 Å². The number of halogens is 6. The predicted molar refractivity (Wildman–Crippen MR) is 217 cm³/mol. The molecule has 1 saturated carbocycles. The summed E-state index contributed by atoms with van der Waals surface area (Å²) in [6.07, 6.45) is -4.39. The first kappa shape index (κ1) is 46.2. The van der Waals surface area contributed by atoms with Crippen molar-refractivity contribution in [3.63, 3.8) is 0 Å². The number of hydrogen-bond acceptors (Lipinski definition) is 3. The Morgan fingerprint density at radius 3 is 2.04 bits per heavy atom. The first-order valence-electron chi connectivity index (χ1n) is 18.9. The van der Waals surface area contributed by atoms with E-state index >= 15 is 0 Å². The van der Waals surface area contributed by atoms with Crippen LogP contribution in [0.5, 0.6) is 0 Å². The molecule has 2 nitrogen and oxygen atoms in total. The summed E-state index contributed by atoms with van der Waals surface area (Å²) < 4.78 is 78.9. The van der Waals surface area contributed by atoms with Gasteiger partial charge < -0.3 is 5.11 Å². The van der Waals surface area contributed by atoms with Gasteiger partial charge in [0, 0.05) is 37.0 Å². The second-order valence-electron chi connectivity index (χ2n) is 17.3. The molecule has 6 rings (SSSR count). The van der Waals surface area contributed by atoms with Crippen LogP contribution in [0.25, 0.3) is 42.4 Å². The van der Waals surface area contributed by atoms with Crippen LogP contribution in [0.4, 0.5) is 26.3 Å². The summed E-state index contributed by atoms with van der Waals surface area (Å²) in [6, 6.07) is 22.6. The van der Waals surface area contributed by atoms with Crippen LogP contribution in [0.1, 0.15) is 113 Å². The van der Waals surface area contributed by atoms with Crippen molar-refractivity contribution in [2.75, 3.05) is 0 Å². The number of allylic oxidation sites excluding steroid dienone is 2. The standard InChI is InChI=1S/C40H41F3S.C7H9F3O2.Ir/c1-23-19-28(26-15-17-39(7,8)18-16-26)20-24(2)34(23)36-25(3)35-32(40(41,42)43)14-13-31(37(35)44-36)29-21-27-11-9-10-12-30(27)33(22-29)38(4,5)6;1-4(2)5(11)3-6(12)7(8,9)10;/h9-12,14,19-20,22,26H,15-18H2,1-8H3;3-4,11H,1-2H3;/q-2;;/b;5-3-;. The monoisotopic (exact) mass is 985 g/mol. The minimum Gasteiger partial charge on any atom is -0.512 e. The molecule has 1 heterocycles. The molecule has 0 unspecified atom stereocenters.